The SMILES string of the molecule is Cc1cccnc1COc1ccc(C#N)cc1Cl. The molecular weight excluding hydrogens is 248 g/mol. The summed E-state index contributed by atoms with van der Waals surface area (Å²) in [5.74, 6) is 0.556. The van der Waals surface area contributed by atoms with Crippen molar-refractivity contribution in [3.63, 3.8) is 0 Å². The first-order valence-electron chi connectivity index (χ1n) is 5.43. The number of nitrogens with zero attached hydrogens (tertiary/aromatic N) is 2. The first-order valence-corrected chi connectivity index (χ1v) is 5.81. The fraction of sp³-hybridized carbons (Fsp3) is 0.143. The highest BCUT2D eigenvalue weighted by Gasteiger charge is 2.05. The number of hydrogen-bond donors (Lipinski definition) is 0. The van der Waals surface area contributed by atoms with Gasteiger partial charge >= 0.3 is 0 Å². The van der Waals surface area contributed by atoms with Gasteiger partial charge in [-0.2, -0.15) is 5.26 Å². The monoisotopic (exact) mass is 258 g/mol. The first kappa shape index (κ1) is 12.4. The van der Waals surface area contributed by atoms with E-state index in [0.29, 0.717) is 22.9 Å². The zero-order valence-corrected chi connectivity index (χ0v) is 10.6. The third-order valence-corrected chi connectivity index (χ3v) is 2.84. The number of nitriles is 1. The van der Waals surface area contributed by atoms with Gasteiger partial charge in [0.1, 0.15) is 12.4 Å². The van der Waals surface area contributed by atoms with Gasteiger partial charge in [-0.25, -0.2) is 0 Å². The molecule has 18 heavy (non-hydrogen) atoms. The van der Waals surface area contributed by atoms with Crippen molar-refractivity contribution >= 4 is 11.6 Å². The van der Waals surface area contributed by atoms with Crippen LogP contribution in [0.3, 0.4) is 0 Å². The van der Waals surface area contributed by atoms with Crippen molar-refractivity contribution in [2.75, 3.05) is 0 Å². The van der Waals surface area contributed by atoms with Gasteiger partial charge in [0.25, 0.3) is 0 Å². The van der Waals surface area contributed by atoms with E-state index in [2.05, 4.69) is 4.98 Å². The maximum atomic E-state index is 8.74. The van der Waals surface area contributed by atoms with Crippen molar-refractivity contribution in [1.82, 2.24) is 4.98 Å². The van der Waals surface area contributed by atoms with Gasteiger partial charge in [-0.05, 0) is 36.8 Å². The molecule has 1 aromatic carbocycles. The lowest BCUT2D eigenvalue weighted by Gasteiger charge is -2.09. The van der Waals surface area contributed by atoms with E-state index >= 15 is 0 Å². The Morgan fingerprint density at radius 3 is 2.89 bits per heavy atom. The van der Waals surface area contributed by atoms with Crippen LogP contribution in [0.25, 0.3) is 0 Å². The van der Waals surface area contributed by atoms with Gasteiger partial charge < -0.3 is 4.74 Å². The number of hydrogen-bond acceptors (Lipinski definition) is 3. The van der Waals surface area contributed by atoms with E-state index in [1.807, 2.05) is 25.1 Å². The van der Waals surface area contributed by atoms with Crippen LogP contribution < -0.4 is 4.74 Å². The van der Waals surface area contributed by atoms with Gasteiger partial charge in [0.2, 0.25) is 0 Å². The fourth-order valence-electron chi connectivity index (χ4n) is 1.50. The van der Waals surface area contributed by atoms with Crippen molar-refractivity contribution in [2.45, 2.75) is 13.5 Å². The quantitative estimate of drug-likeness (QED) is 0.847. The van der Waals surface area contributed by atoms with Crippen molar-refractivity contribution in [2.24, 2.45) is 0 Å². The molecule has 3 nitrogen and oxygen atoms in total. The second-order valence-corrected chi connectivity index (χ2v) is 4.22. The molecule has 2 aromatic rings. The molecular formula is C14H11ClN2O. The van der Waals surface area contributed by atoms with E-state index < -0.39 is 0 Å². The number of ether oxygens (including phenoxy) is 1. The van der Waals surface area contributed by atoms with Crippen molar-refractivity contribution < 1.29 is 4.74 Å². The lowest BCUT2D eigenvalue weighted by Crippen LogP contribution is -2.00. The minimum absolute atomic E-state index is 0.359. The molecule has 0 unspecified atom stereocenters. The van der Waals surface area contributed by atoms with Gasteiger partial charge in [-0.1, -0.05) is 17.7 Å². The molecule has 0 aliphatic carbocycles. The van der Waals surface area contributed by atoms with Crippen LogP contribution in [0.5, 0.6) is 5.75 Å². The number of halogens is 1. The topological polar surface area (TPSA) is 45.9 Å². The van der Waals surface area contributed by atoms with Gasteiger partial charge in [-0.3, -0.25) is 4.98 Å². The van der Waals surface area contributed by atoms with Crippen LogP contribution in [0.2, 0.25) is 5.02 Å². The van der Waals surface area contributed by atoms with Crippen LogP contribution in [-0.4, -0.2) is 4.98 Å². The molecule has 4 heteroatoms. The summed E-state index contributed by atoms with van der Waals surface area (Å²) >= 11 is 6.02. The molecule has 0 spiro atoms. The summed E-state index contributed by atoms with van der Waals surface area (Å²) in [6.07, 6.45) is 1.73. The van der Waals surface area contributed by atoms with Gasteiger partial charge in [-0.15, -0.1) is 0 Å². The van der Waals surface area contributed by atoms with Gasteiger partial charge in [0.05, 0.1) is 22.3 Å². The van der Waals surface area contributed by atoms with Crippen molar-refractivity contribution in [3.8, 4) is 11.8 Å². The molecule has 0 saturated heterocycles. The minimum Gasteiger partial charge on any atom is -0.486 e. The lowest BCUT2D eigenvalue weighted by molar-refractivity contribution is 0.300. The van der Waals surface area contributed by atoms with E-state index in [1.165, 1.54) is 0 Å². The summed E-state index contributed by atoms with van der Waals surface area (Å²) < 4.78 is 5.60. The maximum absolute atomic E-state index is 8.74. The molecule has 2 rings (SSSR count). The molecule has 0 aliphatic rings. The summed E-state index contributed by atoms with van der Waals surface area (Å²) in [6, 6.07) is 10.8. The first-order chi connectivity index (χ1) is 8.70. The average Bonchev–Trinajstić information content (AvgIpc) is 2.39. The molecule has 0 saturated carbocycles. The minimum atomic E-state index is 0.359. The third kappa shape index (κ3) is 2.79. The van der Waals surface area contributed by atoms with Crippen LogP contribution in [-0.2, 0) is 6.61 Å². The van der Waals surface area contributed by atoms with Crippen LogP contribution in [0.4, 0.5) is 0 Å². The van der Waals surface area contributed by atoms with Crippen LogP contribution >= 0.6 is 11.6 Å². The second kappa shape index (κ2) is 5.52. The van der Waals surface area contributed by atoms with Gasteiger partial charge in [0, 0.05) is 6.20 Å². The molecule has 1 heterocycles. The summed E-state index contributed by atoms with van der Waals surface area (Å²) in [4.78, 5) is 4.24. The molecule has 90 valence electrons. The zero-order valence-electron chi connectivity index (χ0n) is 9.85. The van der Waals surface area contributed by atoms with E-state index in [-0.39, 0.29) is 0 Å². The summed E-state index contributed by atoms with van der Waals surface area (Å²) in [7, 11) is 0. The predicted molar refractivity (Wildman–Crippen MR) is 69.5 cm³/mol. The average molecular weight is 259 g/mol. The smallest absolute Gasteiger partial charge is 0.138 e. The molecule has 0 fully saturated rings. The predicted octanol–water partition coefficient (Wildman–Crippen LogP) is 3.49. The Kier molecular flexibility index (Phi) is 3.81. The Hall–Kier alpha value is -2.05. The van der Waals surface area contributed by atoms with E-state index in [1.54, 1.807) is 24.4 Å². The van der Waals surface area contributed by atoms with Crippen molar-refractivity contribution in [3.05, 3.63) is 58.4 Å². The molecule has 0 amide bonds. The van der Waals surface area contributed by atoms with Crippen LogP contribution in [0.1, 0.15) is 16.8 Å². The Morgan fingerprint density at radius 1 is 1.39 bits per heavy atom. The standard InChI is InChI=1S/C14H11ClN2O/c1-10-3-2-6-17-13(10)9-18-14-5-4-11(8-16)7-12(14)15/h2-7H,9H2,1H3. The second-order valence-electron chi connectivity index (χ2n) is 3.81. The lowest BCUT2D eigenvalue weighted by atomic mass is 10.2. The number of benzene rings is 1. The van der Waals surface area contributed by atoms with E-state index in [0.717, 1.165) is 11.3 Å². The number of aromatic nitrogens is 1. The third-order valence-electron chi connectivity index (χ3n) is 2.54. The van der Waals surface area contributed by atoms with E-state index in [4.69, 9.17) is 21.6 Å². The highest BCUT2D eigenvalue weighted by Crippen LogP contribution is 2.26. The molecule has 0 bridgehead atoms. The number of pyridine rings is 1. The Morgan fingerprint density at radius 2 is 2.22 bits per heavy atom. The Bertz CT molecular complexity index is 605. The number of aryl methyl sites for hydroxylation is 1. The highest BCUT2D eigenvalue weighted by molar-refractivity contribution is 6.32. The highest BCUT2D eigenvalue weighted by atomic mass is 35.5. The molecule has 0 aliphatic heterocycles. The molecule has 0 atom stereocenters. The molecule has 0 N–H and O–H groups in total. The van der Waals surface area contributed by atoms with Gasteiger partial charge in [0.15, 0.2) is 0 Å². The van der Waals surface area contributed by atoms with E-state index in [9.17, 15) is 0 Å². The van der Waals surface area contributed by atoms with Crippen LogP contribution in [0, 0.1) is 18.3 Å². The summed E-state index contributed by atoms with van der Waals surface area (Å²) in [6.45, 7) is 2.34. The molecule has 1 aromatic heterocycles. The maximum Gasteiger partial charge on any atom is 0.138 e. The fourth-order valence-corrected chi connectivity index (χ4v) is 1.74. The summed E-state index contributed by atoms with van der Waals surface area (Å²) in [5.41, 5.74) is 2.46. The Labute approximate surface area is 111 Å². The number of rotatable bonds is 3. The van der Waals surface area contributed by atoms with Crippen LogP contribution in [0.15, 0.2) is 36.5 Å². The zero-order chi connectivity index (χ0) is 13.0. The van der Waals surface area contributed by atoms with Crippen molar-refractivity contribution in [1.29, 1.82) is 5.26 Å². The Balaban J connectivity index is 2.12. The summed E-state index contributed by atoms with van der Waals surface area (Å²) in [5, 5.41) is 9.17. The largest absolute Gasteiger partial charge is 0.486 e. The normalized spacial score (nSPS) is 9.83. The molecule has 0 radical (unpaired) electrons.